The van der Waals surface area contributed by atoms with Gasteiger partial charge >= 0.3 is 6.03 Å². The summed E-state index contributed by atoms with van der Waals surface area (Å²) in [7, 11) is 1.49. The Kier molecular flexibility index (Phi) is 7.07. The average molecular weight is 421 g/mol. The van der Waals surface area contributed by atoms with Gasteiger partial charge in [0, 0.05) is 60.1 Å². The lowest BCUT2D eigenvalue weighted by molar-refractivity contribution is -0.125. The molecule has 0 aliphatic carbocycles. The molecule has 1 atom stereocenters. The molecule has 1 fully saturated rings. The van der Waals surface area contributed by atoms with E-state index in [1.807, 2.05) is 31.2 Å². The lowest BCUT2D eigenvalue weighted by Crippen LogP contribution is -2.55. The first kappa shape index (κ1) is 20.8. The fourth-order valence-corrected chi connectivity index (χ4v) is 4.63. The van der Waals surface area contributed by atoms with Crippen LogP contribution in [0.4, 0.5) is 4.79 Å². The van der Waals surface area contributed by atoms with Crippen molar-refractivity contribution in [1.29, 1.82) is 0 Å². The number of halogens is 1. The van der Waals surface area contributed by atoms with Crippen LogP contribution in [0, 0.1) is 0 Å². The molecule has 1 aliphatic heterocycles. The molecule has 3 rings (SSSR count). The summed E-state index contributed by atoms with van der Waals surface area (Å²) in [5.74, 6) is -0.268. The van der Waals surface area contributed by atoms with E-state index in [1.54, 1.807) is 11.3 Å². The van der Waals surface area contributed by atoms with Gasteiger partial charge in [0.25, 0.3) is 0 Å². The number of rotatable bonds is 5. The number of benzene rings is 1. The van der Waals surface area contributed by atoms with Gasteiger partial charge < -0.3 is 5.32 Å². The molecule has 1 saturated heterocycles. The summed E-state index contributed by atoms with van der Waals surface area (Å²) in [6.07, 6.45) is 0. The van der Waals surface area contributed by atoms with Crippen molar-refractivity contribution in [2.24, 2.45) is 0 Å². The van der Waals surface area contributed by atoms with Crippen LogP contribution in [-0.4, -0.2) is 61.0 Å². The predicted octanol–water partition coefficient (Wildman–Crippen LogP) is 3.03. The first-order chi connectivity index (χ1) is 13.5. The lowest BCUT2D eigenvalue weighted by Gasteiger charge is -2.37. The summed E-state index contributed by atoms with van der Waals surface area (Å²) < 4.78 is 0. The number of hydrogen-bond donors (Lipinski definition) is 2. The fraction of sp³-hybridized carbons (Fsp3) is 0.400. The molecule has 0 bridgehead atoms. The number of piperazine rings is 1. The van der Waals surface area contributed by atoms with Crippen LogP contribution < -0.4 is 10.6 Å². The minimum absolute atomic E-state index is 0.268. The van der Waals surface area contributed by atoms with Crippen LogP contribution in [0.5, 0.6) is 0 Å². The standard InChI is InChI=1S/C20H25ClN4O2S/c1-14(19(26)23-20(27)22-2)25-11-9-24(10-12-25)13-15-7-8-18(28-15)16-5-3-4-6-17(16)21/h3-8,14H,9-13H2,1-2H3,(H2,22,23,26,27). The predicted molar refractivity (Wildman–Crippen MR) is 114 cm³/mol. The third-order valence-corrected chi connectivity index (χ3v) is 6.41. The van der Waals surface area contributed by atoms with Crippen LogP contribution in [0.25, 0.3) is 10.4 Å². The summed E-state index contributed by atoms with van der Waals surface area (Å²) in [5.41, 5.74) is 1.07. The highest BCUT2D eigenvalue weighted by Crippen LogP contribution is 2.33. The van der Waals surface area contributed by atoms with Crippen molar-refractivity contribution in [3.8, 4) is 10.4 Å². The maximum atomic E-state index is 12.1. The Hall–Kier alpha value is -1.93. The van der Waals surface area contributed by atoms with Gasteiger partial charge in [0.15, 0.2) is 0 Å². The van der Waals surface area contributed by atoms with Crippen LogP contribution in [0.1, 0.15) is 11.8 Å². The van der Waals surface area contributed by atoms with E-state index in [9.17, 15) is 9.59 Å². The zero-order valence-electron chi connectivity index (χ0n) is 16.1. The second kappa shape index (κ2) is 9.52. The number of thiophene rings is 1. The quantitative estimate of drug-likeness (QED) is 0.780. The third-order valence-electron chi connectivity index (χ3n) is 4.98. The van der Waals surface area contributed by atoms with E-state index in [-0.39, 0.29) is 11.9 Å². The number of imide groups is 1. The van der Waals surface area contributed by atoms with E-state index in [2.05, 4.69) is 32.6 Å². The number of nitrogens with one attached hydrogen (secondary N) is 2. The second-order valence-corrected chi connectivity index (χ2v) is 8.38. The fourth-order valence-electron chi connectivity index (χ4n) is 3.24. The minimum atomic E-state index is -0.470. The zero-order valence-corrected chi connectivity index (χ0v) is 17.6. The van der Waals surface area contributed by atoms with E-state index in [1.165, 1.54) is 16.8 Å². The topological polar surface area (TPSA) is 64.7 Å². The van der Waals surface area contributed by atoms with Crippen molar-refractivity contribution >= 4 is 34.9 Å². The molecule has 1 unspecified atom stereocenters. The molecular formula is C20H25ClN4O2S. The van der Waals surface area contributed by atoms with Gasteiger partial charge in [-0.2, -0.15) is 0 Å². The molecule has 2 aromatic rings. The molecule has 0 saturated carbocycles. The van der Waals surface area contributed by atoms with Crippen molar-refractivity contribution in [2.75, 3.05) is 33.2 Å². The highest BCUT2D eigenvalue weighted by molar-refractivity contribution is 7.15. The van der Waals surface area contributed by atoms with Gasteiger partial charge in [-0.15, -0.1) is 11.3 Å². The number of carbonyl (C=O) groups excluding carboxylic acids is 2. The first-order valence-corrected chi connectivity index (χ1v) is 10.5. The van der Waals surface area contributed by atoms with Crippen LogP contribution >= 0.6 is 22.9 Å². The molecule has 28 heavy (non-hydrogen) atoms. The molecule has 2 heterocycles. The van der Waals surface area contributed by atoms with E-state index < -0.39 is 6.03 Å². The Morgan fingerprint density at radius 1 is 1.14 bits per heavy atom. The Bertz CT molecular complexity index is 833. The highest BCUT2D eigenvalue weighted by atomic mass is 35.5. The van der Waals surface area contributed by atoms with Gasteiger partial charge in [0.05, 0.1) is 6.04 Å². The summed E-state index contributed by atoms with van der Waals surface area (Å²) in [5, 5.41) is 5.52. The van der Waals surface area contributed by atoms with Crippen molar-refractivity contribution in [3.63, 3.8) is 0 Å². The van der Waals surface area contributed by atoms with Crippen LogP contribution in [0.3, 0.4) is 0 Å². The van der Waals surface area contributed by atoms with Crippen molar-refractivity contribution < 1.29 is 9.59 Å². The minimum Gasteiger partial charge on any atom is -0.341 e. The maximum Gasteiger partial charge on any atom is 0.321 e. The van der Waals surface area contributed by atoms with E-state index >= 15 is 0 Å². The molecule has 0 radical (unpaired) electrons. The Morgan fingerprint density at radius 3 is 2.54 bits per heavy atom. The van der Waals surface area contributed by atoms with Gasteiger partial charge in [-0.3, -0.25) is 19.9 Å². The summed E-state index contributed by atoms with van der Waals surface area (Å²) in [6, 6.07) is 11.4. The Labute approximate surface area is 174 Å². The lowest BCUT2D eigenvalue weighted by atomic mass is 10.2. The van der Waals surface area contributed by atoms with Gasteiger partial charge in [-0.25, -0.2) is 4.79 Å². The van der Waals surface area contributed by atoms with Crippen LogP contribution in [0.2, 0.25) is 5.02 Å². The summed E-state index contributed by atoms with van der Waals surface area (Å²) >= 11 is 8.07. The maximum absolute atomic E-state index is 12.1. The SMILES string of the molecule is CNC(=O)NC(=O)C(C)N1CCN(Cc2ccc(-c3ccccc3Cl)s2)CC1. The van der Waals surface area contributed by atoms with Gasteiger partial charge in [-0.05, 0) is 25.1 Å². The molecule has 3 amide bonds. The van der Waals surface area contributed by atoms with Gasteiger partial charge in [0.2, 0.25) is 5.91 Å². The van der Waals surface area contributed by atoms with Crippen molar-refractivity contribution in [1.82, 2.24) is 20.4 Å². The third kappa shape index (κ3) is 5.11. The zero-order chi connectivity index (χ0) is 20.1. The number of hydrogen-bond acceptors (Lipinski definition) is 5. The molecule has 1 aromatic heterocycles. The molecule has 1 aliphatic rings. The molecule has 0 spiro atoms. The molecule has 6 nitrogen and oxygen atoms in total. The van der Waals surface area contributed by atoms with Gasteiger partial charge in [-0.1, -0.05) is 29.8 Å². The molecule has 150 valence electrons. The second-order valence-electron chi connectivity index (χ2n) is 6.80. The molecule has 1 aromatic carbocycles. The first-order valence-electron chi connectivity index (χ1n) is 9.30. The van der Waals surface area contributed by atoms with Crippen LogP contribution in [-0.2, 0) is 11.3 Å². The number of amides is 3. The summed E-state index contributed by atoms with van der Waals surface area (Å²) in [6.45, 7) is 6.09. The largest absolute Gasteiger partial charge is 0.341 e. The molecule has 2 N–H and O–H groups in total. The average Bonchev–Trinajstić information content (AvgIpc) is 3.16. The molecular weight excluding hydrogens is 396 g/mol. The number of nitrogens with zero attached hydrogens (tertiary/aromatic N) is 2. The van der Waals surface area contributed by atoms with Crippen molar-refractivity contribution in [3.05, 3.63) is 46.3 Å². The van der Waals surface area contributed by atoms with Gasteiger partial charge in [0.1, 0.15) is 0 Å². The Morgan fingerprint density at radius 2 is 1.86 bits per heavy atom. The van der Waals surface area contributed by atoms with E-state index in [4.69, 9.17) is 11.6 Å². The highest BCUT2D eigenvalue weighted by Gasteiger charge is 2.26. The molecule has 8 heteroatoms. The normalized spacial score (nSPS) is 16.5. The van der Waals surface area contributed by atoms with Crippen molar-refractivity contribution in [2.45, 2.75) is 19.5 Å². The summed E-state index contributed by atoms with van der Waals surface area (Å²) in [4.78, 5) is 30.4. The Balaban J connectivity index is 1.52. The monoisotopic (exact) mass is 420 g/mol. The van der Waals surface area contributed by atoms with Crippen LogP contribution in [0.15, 0.2) is 36.4 Å². The smallest absolute Gasteiger partial charge is 0.321 e. The van der Waals surface area contributed by atoms with E-state index in [0.29, 0.717) is 0 Å². The van der Waals surface area contributed by atoms with E-state index in [0.717, 1.165) is 43.3 Å². The number of carbonyl (C=O) groups is 2. The number of urea groups is 1.